The third-order valence-corrected chi connectivity index (χ3v) is 4.95. The molecule has 118 valence electrons. The number of amides is 2. The number of nitrogens with zero attached hydrogens (tertiary/aromatic N) is 1. The number of hydrogen-bond donors (Lipinski definition) is 1. The minimum atomic E-state index is -0.436. The van der Waals surface area contributed by atoms with E-state index in [0.717, 1.165) is 45.2 Å². The van der Waals surface area contributed by atoms with Gasteiger partial charge in [-0.25, -0.2) is 4.79 Å². The lowest BCUT2D eigenvalue weighted by molar-refractivity contribution is -0.189. The molecule has 3 rings (SSSR count). The van der Waals surface area contributed by atoms with E-state index in [1.165, 1.54) is 0 Å². The van der Waals surface area contributed by atoms with Crippen LogP contribution in [0.15, 0.2) is 12.2 Å². The van der Waals surface area contributed by atoms with E-state index in [4.69, 9.17) is 9.47 Å². The minimum absolute atomic E-state index is 0.0726. The number of nitrogens with one attached hydrogen (secondary N) is 1. The van der Waals surface area contributed by atoms with Crippen molar-refractivity contribution < 1.29 is 14.3 Å². The molecule has 21 heavy (non-hydrogen) atoms. The molecule has 2 saturated heterocycles. The van der Waals surface area contributed by atoms with Gasteiger partial charge >= 0.3 is 6.03 Å². The summed E-state index contributed by atoms with van der Waals surface area (Å²) < 4.78 is 11.5. The summed E-state index contributed by atoms with van der Waals surface area (Å²) in [5, 5.41) is 3.12. The Bertz CT molecular complexity index is 396. The van der Waals surface area contributed by atoms with E-state index in [1.807, 2.05) is 11.8 Å². The Kier molecular flexibility index (Phi) is 4.50. The Morgan fingerprint density at radius 3 is 2.57 bits per heavy atom. The van der Waals surface area contributed by atoms with Gasteiger partial charge in [0.05, 0.1) is 13.2 Å². The summed E-state index contributed by atoms with van der Waals surface area (Å²) in [6, 6.07) is 0.284. The molecule has 2 aliphatic heterocycles. The summed E-state index contributed by atoms with van der Waals surface area (Å²) in [7, 11) is 0. The first-order chi connectivity index (χ1) is 10.2. The molecule has 0 aromatic heterocycles. The quantitative estimate of drug-likeness (QED) is 0.795. The Hall–Kier alpha value is -1.07. The second kappa shape index (κ2) is 6.36. The highest BCUT2D eigenvalue weighted by Crippen LogP contribution is 2.34. The minimum Gasteiger partial charge on any atom is -0.348 e. The zero-order valence-electron chi connectivity index (χ0n) is 12.8. The van der Waals surface area contributed by atoms with Crippen LogP contribution in [-0.4, -0.2) is 49.1 Å². The summed E-state index contributed by atoms with van der Waals surface area (Å²) in [6.07, 6.45) is 9.53. The number of carbonyl (C=O) groups is 1. The zero-order valence-corrected chi connectivity index (χ0v) is 12.8. The molecule has 1 N–H and O–H groups in total. The molecule has 0 spiro atoms. The SMILES string of the molecule is CC1(C2CCN(C(=O)N[C@H]3C=CCCC3)CC2)OCCO1. The summed E-state index contributed by atoms with van der Waals surface area (Å²) in [4.78, 5) is 14.2. The molecular weight excluding hydrogens is 268 g/mol. The van der Waals surface area contributed by atoms with Gasteiger partial charge in [0, 0.05) is 25.0 Å². The molecule has 2 heterocycles. The molecule has 1 aliphatic carbocycles. The molecule has 0 bridgehead atoms. The van der Waals surface area contributed by atoms with E-state index in [0.29, 0.717) is 19.1 Å². The van der Waals surface area contributed by atoms with Gasteiger partial charge in [-0.3, -0.25) is 0 Å². The smallest absolute Gasteiger partial charge is 0.317 e. The van der Waals surface area contributed by atoms with Crippen LogP contribution in [0, 0.1) is 5.92 Å². The number of carbonyl (C=O) groups excluding carboxylic acids is 1. The van der Waals surface area contributed by atoms with Gasteiger partial charge in [-0.15, -0.1) is 0 Å². The number of rotatable bonds is 2. The average Bonchev–Trinajstić information content (AvgIpc) is 2.96. The van der Waals surface area contributed by atoms with Gasteiger partial charge in [-0.05, 0) is 39.0 Å². The van der Waals surface area contributed by atoms with Crippen LogP contribution in [0.3, 0.4) is 0 Å². The number of likely N-dealkylation sites (tertiary alicyclic amines) is 1. The lowest BCUT2D eigenvalue weighted by Gasteiger charge is -2.39. The van der Waals surface area contributed by atoms with E-state index in [1.54, 1.807) is 0 Å². The maximum atomic E-state index is 12.3. The van der Waals surface area contributed by atoms with Crippen molar-refractivity contribution in [2.45, 2.75) is 50.9 Å². The predicted octanol–water partition coefficient (Wildman–Crippen LogP) is 2.28. The van der Waals surface area contributed by atoms with Crippen molar-refractivity contribution in [1.82, 2.24) is 10.2 Å². The van der Waals surface area contributed by atoms with Crippen LogP contribution in [0.2, 0.25) is 0 Å². The van der Waals surface area contributed by atoms with Gasteiger partial charge in [-0.2, -0.15) is 0 Å². The van der Waals surface area contributed by atoms with E-state index in [2.05, 4.69) is 17.5 Å². The summed E-state index contributed by atoms with van der Waals surface area (Å²) in [6.45, 7) is 4.98. The Morgan fingerprint density at radius 1 is 1.24 bits per heavy atom. The van der Waals surface area contributed by atoms with Crippen molar-refractivity contribution in [3.63, 3.8) is 0 Å². The third-order valence-electron chi connectivity index (χ3n) is 4.95. The molecule has 0 aromatic carbocycles. The Morgan fingerprint density at radius 2 is 1.95 bits per heavy atom. The topological polar surface area (TPSA) is 50.8 Å². The molecule has 0 aromatic rings. The van der Waals surface area contributed by atoms with Crippen LogP contribution in [0.4, 0.5) is 4.79 Å². The van der Waals surface area contributed by atoms with Crippen LogP contribution < -0.4 is 5.32 Å². The number of urea groups is 1. The number of hydrogen-bond acceptors (Lipinski definition) is 3. The standard InChI is InChI=1S/C16H26N2O3/c1-16(20-11-12-21-16)13-7-9-18(10-8-13)15(19)17-14-5-3-2-4-6-14/h3,5,13-14H,2,4,6-12H2,1H3,(H,17,19)/t14-/m0/s1. The summed E-state index contributed by atoms with van der Waals surface area (Å²) in [5.74, 6) is -0.0482. The maximum absolute atomic E-state index is 12.3. The van der Waals surface area contributed by atoms with Gasteiger partial charge in [0.2, 0.25) is 0 Å². The number of ether oxygens (including phenoxy) is 2. The van der Waals surface area contributed by atoms with E-state index < -0.39 is 5.79 Å². The normalized spacial score (nSPS) is 29.6. The molecule has 0 saturated carbocycles. The largest absolute Gasteiger partial charge is 0.348 e. The van der Waals surface area contributed by atoms with Crippen molar-refractivity contribution in [3.8, 4) is 0 Å². The first-order valence-electron chi connectivity index (χ1n) is 8.17. The van der Waals surface area contributed by atoms with Gasteiger partial charge in [0.25, 0.3) is 0 Å². The van der Waals surface area contributed by atoms with Crippen molar-refractivity contribution in [2.24, 2.45) is 5.92 Å². The van der Waals surface area contributed by atoms with Crippen molar-refractivity contribution >= 4 is 6.03 Å². The molecule has 5 heteroatoms. The fourth-order valence-corrected chi connectivity index (χ4v) is 3.56. The van der Waals surface area contributed by atoms with E-state index in [-0.39, 0.29) is 12.1 Å². The van der Waals surface area contributed by atoms with Crippen molar-refractivity contribution in [1.29, 1.82) is 0 Å². The molecule has 1 atom stereocenters. The van der Waals surface area contributed by atoms with Crippen LogP contribution in [0.5, 0.6) is 0 Å². The van der Waals surface area contributed by atoms with Crippen LogP contribution in [0.1, 0.15) is 39.0 Å². The summed E-state index contributed by atoms with van der Waals surface area (Å²) in [5.41, 5.74) is 0. The van der Waals surface area contributed by atoms with Crippen molar-refractivity contribution in [2.75, 3.05) is 26.3 Å². The second-order valence-electron chi connectivity index (χ2n) is 6.39. The molecule has 2 amide bonds. The number of piperidine rings is 1. The number of allylic oxidation sites excluding steroid dienone is 1. The fourth-order valence-electron chi connectivity index (χ4n) is 3.56. The molecule has 3 aliphatic rings. The second-order valence-corrected chi connectivity index (χ2v) is 6.39. The Balaban J connectivity index is 1.47. The lowest BCUT2D eigenvalue weighted by atomic mass is 9.89. The molecule has 0 radical (unpaired) electrons. The van der Waals surface area contributed by atoms with Gasteiger partial charge in [-0.1, -0.05) is 12.2 Å². The highest BCUT2D eigenvalue weighted by molar-refractivity contribution is 5.74. The fraction of sp³-hybridized carbons (Fsp3) is 0.812. The first kappa shape index (κ1) is 14.9. The molecule has 0 unspecified atom stereocenters. The van der Waals surface area contributed by atoms with E-state index in [9.17, 15) is 4.79 Å². The zero-order chi connectivity index (χ0) is 14.7. The van der Waals surface area contributed by atoms with Crippen LogP contribution >= 0.6 is 0 Å². The lowest BCUT2D eigenvalue weighted by Crippen LogP contribution is -2.50. The average molecular weight is 294 g/mol. The van der Waals surface area contributed by atoms with Gasteiger partial charge in [0.15, 0.2) is 5.79 Å². The maximum Gasteiger partial charge on any atom is 0.317 e. The molecule has 2 fully saturated rings. The molecule has 5 nitrogen and oxygen atoms in total. The van der Waals surface area contributed by atoms with Crippen molar-refractivity contribution in [3.05, 3.63) is 12.2 Å². The summed E-state index contributed by atoms with van der Waals surface area (Å²) >= 11 is 0. The predicted molar refractivity (Wildman–Crippen MR) is 79.9 cm³/mol. The van der Waals surface area contributed by atoms with Gasteiger partial charge < -0.3 is 19.7 Å². The first-order valence-corrected chi connectivity index (χ1v) is 8.17. The monoisotopic (exact) mass is 294 g/mol. The highest BCUT2D eigenvalue weighted by atomic mass is 16.7. The van der Waals surface area contributed by atoms with E-state index >= 15 is 0 Å². The Labute approximate surface area is 126 Å². The van der Waals surface area contributed by atoms with Crippen LogP contribution in [-0.2, 0) is 9.47 Å². The third kappa shape index (κ3) is 3.40. The highest BCUT2D eigenvalue weighted by Gasteiger charge is 2.41. The van der Waals surface area contributed by atoms with Crippen LogP contribution in [0.25, 0.3) is 0 Å². The molecular formula is C16H26N2O3. The van der Waals surface area contributed by atoms with Gasteiger partial charge in [0.1, 0.15) is 0 Å².